The van der Waals surface area contributed by atoms with Crippen LogP contribution in [0.4, 0.5) is 0 Å². The molecule has 1 aromatic carbocycles. The topological polar surface area (TPSA) is 374 Å². The van der Waals surface area contributed by atoms with Crippen molar-refractivity contribution in [2.75, 3.05) is 0 Å². The first-order valence-electron chi connectivity index (χ1n) is 6.23. The molecule has 34 heavy (non-hydrogen) atoms. The van der Waals surface area contributed by atoms with Gasteiger partial charge in [-0.25, -0.2) is 0 Å². The van der Waals surface area contributed by atoms with Gasteiger partial charge in [0.25, 0.3) is 0 Å². The molecule has 7 N–H and O–H groups in total. The second-order valence-corrected chi connectivity index (χ2v) is 15.4. The zero-order chi connectivity index (χ0) is 28.2. The van der Waals surface area contributed by atoms with Gasteiger partial charge in [-0.2, -0.15) is 0 Å². The van der Waals surface area contributed by atoms with E-state index in [4.69, 9.17) is 30.1 Å². The number of phenolic OH excluding ortho intramolecular Hbond substituents is 1. The Morgan fingerprint density at radius 2 is 0.588 bits per heavy atom. The quantitative estimate of drug-likeness (QED) is 0.148. The van der Waals surface area contributed by atoms with Crippen LogP contribution in [0.1, 0.15) is 0 Å². The van der Waals surface area contributed by atoms with Gasteiger partial charge in [-0.05, 0) is 12.1 Å². The molecule has 204 valence electrons. The van der Waals surface area contributed by atoms with Crippen LogP contribution in [-0.4, -0.2) is 30.1 Å². The van der Waals surface area contributed by atoms with Crippen molar-refractivity contribution in [3.8, 4) is 5.75 Å². The van der Waals surface area contributed by atoms with Crippen LogP contribution < -0.4 is 0 Å². The van der Waals surface area contributed by atoms with Gasteiger partial charge in [0.2, 0.25) is 0 Å². The summed E-state index contributed by atoms with van der Waals surface area (Å²) >= 11 is -34.5. The van der Waals surface area contributed by atoms with E-state index in [-0.39, 0.29) is 0 Å². The Morgan fingerprint density at radius 3 is 0.647 bits per heavy atom. The zero-order valence-corrected chi connectivity index (χ0v) is 22.7. The molecule has 22 nitrogen and oxygen atoms in total. The molecule has 0 aliphatic rings. The molecule has 0 atom stereocenters. The molecule has 0 amide bonds. The fraction of sp³-hybridized carbons (Fsp3) is 0. The molecule has 0 saturated heterocycles. The Hall–Kier alpha value is -0.545. The Bertz CT molecular complexity index is 1140. The van der Waals surface area contributed by atoms with Crippen molar-refractivity contribution in [1.82, 2.24) is 0 Å². The first kappa shape index (κ1) is 38.0. The SMILES string of the molecule is Oc1ccccc1.[O]=[Cr](=[O])([OH])[O][Cr](=[O])(=[O])[OH].[O]=[Cr](=[O])([OH])[O][Cr](=[O])(=[O])[OH].[O]=[Cr](=[O])([OH])[O][Cr](=[O])(=[O])[OH]. The Labute approximate surface area is 200 Å². The minimum absolute atomic E-state index is 0.322. The van der Waals surface area contributed by atoms with Gasteiger partial charge in [0, 0.05) is 0 Å². The number of hydrogen-bond acceptors (Lipinski definition) is 16. The third-order valence-electron chi connectivity index (χ3n) is 1.27. The third-order valence-corrected chi connectivity index (χ3v) is 9.53. The summed E-state index contributed by atoms with van der Waals surface area (Å²) in [5.41, 5.74) is 0. The third kappa shape index (κ3) is 45.0. The molecule has 1 rings (SSSR count). The van der Waals surface area contributed by atoms with Crippen molar-refractivity contribution in [2.45, 2.75) is 0 Å². The molecule has 0 bridgehead atoms. The average molecular weight is 748 g/mol. The van der Waals surface area contributed by atoms with Gasteiger partial charge in [0.1, 0.15) is 5.75 Å². The molecule has 0 heterocycles. The number of benzene rings is 1. The molecule has 0 saturated carbocycles. The summed E-state index contributed by atoms with van der Waals surface area (Å²) < 4.78 is 169. The average Bonchev–Trinajstić information content (AvgIpc) is 2.37. The van der Waals surface area contributed by atoms with Crippen molar-refractivity contribution in [3.05, 3.63) is 30.3 Å². The predicted octanol–water partition coefficient (Wildman–Crippen LogP) is -3.60. The van der Waals surface area contributed by atoms with Crippen LogP contribution in [0.5, 0.6) is 5.75 Å². The second-order valence-electron chi connectivity index (χ2n) is 4.11. The summed E-state index contributed by atoms with van der Waals surface area (Å²) in [6.45, 7) is 0. The van der Waals surface area contributed by atoms with E-state index in [1.54, 1.807) is 24.3 Å². The number of para-hydroxylation sites is 1. The van der Waals surface area contributed by atoms with Crippen LogP contribution in [0.2, 0.25) is 0 Å². The standard InChI is InChI=1S/C6H6O.6Cr.6H2O.15O/c7-6-4-2-1-3-5-6;;;;;;;;;;;;;;;;;;;;;;;;;;;/h1-5,7H;;;;;;;6*1H2;;;;;;;;;;;;;;;/q;6*+1;;;;;;;;;;;;;;;;;;;;;/p-6. The van der Waals surface area contributed by atoms with Crippen molar-refractivity contribution in [1.29, 1.82) is 0 Å². The van der Waals surface area contributed by atoms with Crippen LogP contribution >= 0.6 is 0 Å². The Balaban J connectivity index is -0.000000378. The van der Waals surface area contributed by atoms with E-state index in [0.29, 0.717) is 5.75 Å². The van der Waals surface area contributed by atoms with Crippen molar-refractivity contribution in [3.63, 3.8) is 0 Å². The summed E-state index contributed by atoms with van der Waals surface area (Å²) in [7, 11) is 0. The molecular weight excluding hydrogens is 736 g/mol. The van der Waals surface area contributed by atoms with Gasteiger partial charge in [0.15, 0.2) is 0 Å². The molecule has 0 aliphatic heterocycles. The summed E-state index contributed by atoms with van der Waals surface area (Å²) in [6.07, 6.45) is 0. The number of aromatic hydroxyl groups is 1. The normalized spacial score (nSPS) is 12.5. The maximum absolute atomic E-state index is 9.53. The van der Waals surface area contributed by atoms with Crippen molar-refractivity contribution in [2.24, 2.45) is 0 Å². The minimum atomic E-state index is -5.76. The van der Waals surface area contributed by atoms with E-state index >= 15 is 0 Å². The maximum atomic E-state index is 9.53. The summed E-state index contributed by atoms with van der Waals surface area (Å²) in [5.74, 6) is 0.322. The van der Waals surface area contributed by atoms with Crippen LogP contribution in [-0.2, 0) is 136 Å². The van der Waals surface area contributed by atoms with E-state index in [1.807, 2.05) is 6.07 Å². The molecule has 0 radical (unpaired) electrons. The van der Waals surface area contributed by atoms with Gasteiger partial charge >= 0.3 is 161 Å². The van der Waals surface area contributed by atoms with Gasteiger partial charge in [0.05, 0.1) is 0 Å². The molecular formula is C6H12Cr6O22. The zero-order valence-electron chi connectivity index (χ0n) is 15.1. The molecule has 0 unspecified atom stereocenters. The Morgan fingerprint density at radius 1 is 0.412 bits per heavy atom. The van der Waals surface area contributed by atoms with Gasteiger partial charge in [-0.3, -0.25) is 0 Å². The van der Waals surface area contributed by atoms with Crippen LogP contribution in [0, 0.1) is 0 Å². The van der Waals surface area contributed by atoms with Crippen LogP contribution in [0.3, 0.4) is 0 Å². The van der Waals surface area contributed by atoms with Crippen LogP contribution in [0.15, 0.2) is 30.3 Å². The first-order chi connectivity index (χ1) is 14.5. The Kier molecular flexibility index (Phi) is 16.6. The monoisotopic (exact) mass is 748 g/mol. The molecule has 1 aromatic rings. The van der Waals surface area contributed by atoms with Crippen LogP contribution in [0.25, 0.3) is 0 Å². The summed E-state index contributed by atoms with van der Waals surface area (Å²) in [5, 5.41) is 8.63. The van der Waals surface area contributed by atoms with Crippen molar-refractivity contribution >= 4 is 0 Å². The summed E-state index contributed by atoms with van der Waals surface area (Å²) in [6, 6.07) is 8.71. The fourth-order valence-corrected chi connectivity index (χ4v) is 5.97. The van der Waals surface area contributed by atoms with Gasteiger partial charge in [-0.1, -0.05) is 18.2 Å². The second kappa shape index (κ2) is 14.9. The molecule has 0 aromatic heterocycles. The van der Waals surface area contributed by atoms with Gasteiger partial charge < -0.3 is 5.11 Å². The van der Waals surface area contributed by atoms with E-state index in [9.17, 15) is 45.6 Å². The van der Waals surface area contributed by atoms with E-state index < -0.39 is 81.7 Å². The predicted molar refractivity (Wildman–Crippen MR) is 52.9 cm³/mol. The number of rotatable bonds is 6. The summed E-state index contributed by atoms with van der Waals surface area (Å²) in [4.78, 5) is 0. The fourth-order valence-electron chi connectivity index (χ4n) is 0.754. The van der Waals surface area contributed by atoms with Gasteiger partial charge in [-0.15, -0.1) is 0 Å². The van der Waals surface area contributed by atoms with Crippen molar-refractivity contribution < 1.29 is 166 Å². The molecule has 0 spiro atoms. The number of phenols is 1. The van der Waals surface area contributed by atoms with E-state index in [0.717, 1.165) is 0 Å². The number of hydrogen-bond donors (Lipinski definition) is 7. The van der Waals surface area contributed by atoms with E-state index in [1.165, 1.54) is 0 Å². The molecule has 0 fully saturated rings. The van der Waals surface area contributed by atoms with E-state index in [2.05, 4.69) is 8.52 Å². The first-order valence-corrected chi connectivity index (χ1v) is 19.0. The molecule has 28 heteroatoms. The molecule has 0 aliphatic carbocycles.